The molecule has 1 amide bonds. The van der Waals surface area contributed by atoms with Crippen LogP contribution in [0.4, 0.5) is 10.8 Å². The molecule has 0 saturated carbocycles. The number of sulfonamides is 1. The van der Waals surface area contributed by atoms with E-state index in [9.17, 15) is 13.2 Å². The Balaban J connectivity index is 1.62. The van der Waals surface area contributed by atoms with Gasteiger partial charge in [0.05, 0.1) is 33.5 Å². The summed E-state index contributed by atoms with van der Waals surface area (Å²) in [4.78, 5) is 17.4. The highest BCUT2D eigenvalue weighted by atomic mass is 32.2. The fraction of sp³-hybridized carbons (Fsp3) is 0.0909. The Labute approximate surface area is 183 Å². The zero-order chi connectivity index (χ0) is 22.0. The normalized spacial score (nSPS) is 11.3. The number of anilines is 2. The molecule has 0 atom stereocenters. The van der Waals surface area contributed by atoms with Gasteiger partial charge in [0.25, 0.3) is 15.9 Å². The van der Waals surface area contributed by atoms with E-state index in [1.54, 1.807) is 30.3 Å². The smallest absolute Gasteiger partial charge is 0.261 e. The van der Waals surface area contributed by atoms with Gasteiger partial charge in [0.2, 0.25) is 0 Å². The van der Waals surface area contributed by atoms with E-state index in [-0.39, 0.29) is 16.1 Å². The number of aromatic nitrogens is 1. The molecule has 4 rings (SSSR count). The number of rotatable bonds is 6. The van der Waals surface area contributed by atoms with E-state index in [2.05, 4.69) is 15.0 Å². The number of carbonyl (C=O) groups excluding carboxylic acids is 1. The van der Waals surface area contributed by atoms with Crippen molar-refractivity contribution in [3.63, 3.8) is 0 Å². The van der Waals surface area contributed by atoms with Gasteiger partial charge in [-0.3, -0.25) is 14.8 Å². The summed E-state index contributed by atoms with van der Waals surface area (Å²) in [5.74, 6) is 0.0943. The number of amides is 1. The van der Waals surface area contributed by atoms with Crippen LogP contribution in [0.5, 0.6) is 5.75 Å². The number of hydrogen-bond acceptors (Lipinski definition) is 6. The Bertz CT molecular complexity index is 1330. The molecule has 0 aliphatic rings. The number of ether oxygens (including phenoxy) is 1. The molecular formula is C22H19N3O4S2. The topological polar surface area (TPSA) is 97.4 Å². The summed E-state index contributed by atoms with van der Waals surface area (Å²) in [5, 5.41) is 3.21. The maximum atomic E-state index is 12.9. The summed E-state index contributed by atoms with van der Waals surface area (Å²) in [6, 6.07) is 18.5. The molecule has 7 nitrogen and oxygen atoms in total. The second-order valence-corrected chi connectivity index (χ2v) is 9.48. The van der Waals surface area contributed by atoms with Crippen LogP contribution in [0.3, 0.4) is 0 Å². The highest BCUT2D eigenvalue weighted by Gasteiger charge is 2.20. The van der Waals surface area contributed by atoms with Crippen LogP contribution in [0.1, 0.15) is 15.9 Å². The number of methoxy groups -OCH3 is 1. The van der Waals surface area contributed by atoms with Crippen LogP contribution in [0.2, 0.25) is 0 Å². The standard InChI is InChI=1S/C22H19N3O4S2/c1-14-7-12-17(21(26)24-22-23-18-5-3-4-6-20(18)30-22)19(13-14)25-31(27,28)16-10-8-15(29-2)9-11-16/h3-13,25H,1-2H3,(H,23,24,26). The van der Waals surface area contributed by atoms with Crippen LogP contribution in [-0.4, -0.2) is 26.4 Å². The number of nitrogens with one attached hydrogen (secondary N) is 2. The number of para-hydroxylation sites is 1. The van der Waals surface area contributed by atoms with Crippen molar-refractivity contribution in [2.75, 3.05) is 17.1 Å². The monoisotopic (exact) mass is 453 g/mol. The van der Waals surface area contributed by atoms with Gasteiger partial charge < -0.3 is 4.74 Å². The molecule has 0 radical (unpaired) electrons. The molecule has 0 saturated heterocycles. The lowest BCUT2D eigenvalue weighted by atomic mass is 10.1. The van der Waals surface area contributed by atoms with E-state index >= 15 is 0 Å². The Kier molecular flexibility index (Phi) is 5.62. The quantitative estimate of drug-likeness (QED) is 0.442. The molecule has 0 bridgehead atoms. The molecule has 158 valence electrons. The summed E-state index contributed by atoms with van der Waals surface area (Å²) in [6.45, 7) is 1.82. The fourth-order valence-electron chi connectivity index (χ4n) is 2.99. The van der Waals surface area contributed by atoms with E-state index < -0.39 is 15.9 Å². The zero-order valence-electron chi connectivity index (χ0n) is 16.7. The molecular weight excluding hydrogens is 434 g/mol. The van der Waals surface area contributed by atoms with Crippen molar-refractivity contribution in [1.29, 1.82) is 0 Å². The second kappa shape index (κ2) is 8.37. The first-order valence-electron chi connectivity index (χ1n) is 9.30. The van der Waals surface area contributed by atoms with Crippen molar-refractivity contribution in [3.05, 3.63) is 77.9 Å². The van der Waals surface area contributed by atoms with Gasteiger partial charge in [-0.15, -0.1) is 0 Å². The van der Waals surface area contributed by atoms with E-state index in [4.69, 9.17) is 4.74 Å². The second-order valence-electron chi connectivity index (χ2n) is 6.77. The molecule has 31 heavy (non-hydrogen) atoms. The molecule has 0 aliphatic heterocycles. The first-order valence-corrected chi connectivity index (χ1v) is 11.6. The van der Waals surface area contributed by atoms with Crippen LogP contribution < -0.4 is 14.8 Å². The van der Waals surface area contributed by atoms with E-state index in [1.165, 1.54) is 30.6 Å². The van der Waals surface area contributed by atoms with Crippen molar-refractivity contribution in [1.82, 2.24) is 4.98 Å². The fourth-order valence-corrected chi connectivity index (χ4v) is 4.92. The predicted octanol–water partition coefficient (Wildman–Crippen LogP) is 4.67. The third kappa shape index (κ3) is 4.52. The number of benzene rings is 3. The molecule has 4 aromatic rings. The van der Waals surface area contributed by atoms with Crippen LogP contribution >= 0.6 is 11.3 Å². The minimum absolute atomic E-state index is 0.0623. The summed E-state index contributed by atoms with van der Waals surface area (Å²) in [5.41, 5.74) is 1.98. The number of carbonyl (C=O) groups is 1. The molecule has 0 unspecified atom stereocenters. The SMILES string of the molecule is COc1ccc(S(=O)(=O)Nc2cc(C)ccc2C(=O)Nc2nc3ccccc3s2)cc1. The third-order valence-electron chi connectivity index (χ3n) is 4.55. The number of hydrogen-bond donors (Lipinski definition) is 2. The molecule has 9 heteroatoms. The molecule has 1 heterocycles. The van der Waals surface area contributed by atoms with Gasteiger partial charge in [-0.05, 0) is 61.0 Å². The average Bonchev–Trinajstić information content (AvgIpc) is 3.15. The molecule has 0 fully saturated rings. The Hall–Kier alpha value is -3.43. The molecule has 0 spiro atoms. The van der Waals surface area contributed by atoms with Crippen molar-refractivity contribution >= 4 is 48.3 Å². The van der Waals surface area contributed by atoms with Crippen LogP contribution in [-0.2, 0) is 10.0 Å². The maximum Gasteiger partial charge on any atom is 0.261 e. The largest absolute Gasteiger partial charge is 0.497 e. The third-order valence-corrected chi connectivity index (χ3v) is 6.88. The van der Waals surface area contributed by atoms with Crippen molar-refractivity contribution in [3.8, 4) is 5.75 Å². The molecule has 1 aromatic heterocycles. The zero-order valence-corrected chi connectivity index (χ0v) is 18.4. The Morgan fingerprint density at radius 1 is 1.03 bits per heavy atom. The van der Waals surface area contributed by atoms with Gasteiger partial charge in [-0.25, -0.2) is 13.4 Å². The van der Waals surface area contributed by atoms with Gasteiger partial charge in [0.15, 0.2) is 5.13 Å². The first-order chi connectivity index (χ1) is 14.9. The lowest BCUT2D eigenvalue weighted by Gasteiger charge is -2.13. The lowest BCUT2D eigenvalue weighted by molar-refractivity contribution is 0.102. The van der Waals surface area contributed by atoms with Crippen molar-refractivity contribution in [2.45, 2.75) is 11.8 Å². The Morgan fingerprint density at radius 2 is 1.77 bits per heavy atom. The highest BCUT2D eigenvalue weighted by molar-refractivity contribution is 7.92. The van der Waals surface area contributed by atoms with Gasteiger partial charge in [0.1, 0.15) is 5.75 Å². The predicted molar refractivity (Wildman–Crippen MR) is 123 cm³/mol. The maximum absolute atomic E-state index is 12.9. The summed E-state index contributed by atoms with van der Waals surface area (Å²) < 4.78 is 34.3. The van der Waals surface area contributed by atoms with Crippen LogP contribution in [0, 0.1) is 6.92 Å². The van der Waals surface area contributed by atoms with E-state index in [1.807, 2.05) is 31.2 Å². The van der Waals surface area contributed by atoms with Gasteiger partial charge in [-0.2, -0.15) is 0 Å². The molecule has 2 N–H and O–H groups in total. The van der Waals surface area contributed by atoms with Gasteiger partial charge >= 0.3 is 0 Å². The summed E-state index contributed by atoms with van der Waals surface area (Å²) in [7, 11) is -2.40. The van der Waals surface area contributed by atoms with E-state index in [0.29, 0.717) is 10.9 Å². The number of thiazole rings is 1. The van der Waals surface area contributed by atoms with Crippen LogP contribution in [0.25, 0.3) is 10.2 Å². The van der Waals surface area contributed by atoms with Crippen molar-refractivity contribution in [2.24, 2.45) is 0 Å². The molecule has 0 aliphatic carbocycles. The number of nitrogens with zero attached hydrogens (tertiary/aromatic N) is 1. The number of fused-ring (bicyclic) bond motifs is 1. The average molecular weight is 454 g/mol. The summed E-state index contributed by atoms with van der Waals surface area (Å²) >= 11 is 1.35. The van der Waals surface area contributed by atoms with Crippen LogP contribution in [0.15, 0.2) is 71.6 Å². The molecule has 3 aromatic carbocycles. The Morgan fingerprint density at radius 3 is 2.48 bits per heavy atom. The van der Waals surface area contributed by atoms with Gasteiger partial charge in [-0.1, -0.05) is 29.5 Å². The van der Waals surface area contributed by atoms with Crippen molar-refractivity contribution < 1.29 is 17.9 Å². The summed E-state index contributed by atoms with van der Waals surface area (Å²) in [6.07, 6.45) is 0. The number of aryl methyl sites for hydroxylation is 1. The highest BCUT2D eigenvalue weighted by Crippen LogP contribution is 2.28. The van der Waals surface area contributed by atoms with Gasteiger partial charge in [0, 0.05) is 0 Å². The minimum Gasteiger partial charge on any atom is -0.497 e. The lowest BCUT2D eigenvalue weighted by Crippen LogP contribution is -2.18. The minimum atomic E-state index is -3.90. The van der Waals surface area contributed by atoms with E-state index in [0.717, 1.165) is 15.8 Å². The first kappa shape index (κ1) is 20.8.